The number of halogens is 1. The van der Waals surface area contributed by atoms with Gasteiger partial charge in [0.25, 0.3) is 5.56 Å². The van der Waals surface area contributed by atoms with E-state index in [1.165, 1.54) is 4.57 Å². The number of fused-ring (bicyclic) bond motifs is 1. The molecule has 18 heavy (non-hydrogen) atoms. The third-order valence-corrected chi connectivity index (χ3v) is 3.09. The average molecular weight is 268 g/mol. The summed E-state index contributed by atoms with van der Waals surface area (Å²) in [6, 6.07) is 4.72. The quantitative estimate of drug-likeness (QED) is 0.871. The van der Waals surface area contributed by atoms with Gasteiger partial charge in [-0.2, -0.15) is 0 Å². The van der Waals surface area contributed by atoms with Crippen LogP contribution in [0.25, 0.3) is 10.9 Å². The fourth-order valence-electron chi connectivity index (χ4n) is 1.99. The molecule has 6 heteroatoms. The van der Waals surface area contributed by atoms with Crippen molar-refractivity contribution in [1.29, 1.82) is 0 Å². The Hall–Kier alpha value is -1.59. The molecule has 0 radical (unpaired) electrons. The molecule has 5 nitrogen and oxygen atoms in total. The lowest BCUT2D eigenvalue weighted by Gasteiger charge is -2.12. The fraction of sp³-hybridized carbons (Fsp3) is 0.333. The summed E-state index contributed by atoms with van der Waals surface area (Å²) in [5, 5.41) is 0.808. The number of hydrogen-bond donors (Lipinski definition) is 1. The van der Waals surface area contributed by atoms with E-state index in [1.807, 2.05) is 0 Å². The molecule has 0 fully saturated rings. The standard InChI is InChI=1S/C12H14ClN3O2/c1-7(14)6-16-11(17)8-4-3-5-9(13)10(8)15(2)12(16)18/h3-5,7H,6,14H2,1-2H3. The Morgan fingerprint density at radius 2 is 2.06 bits per heavy atom. The van der Waals surface area contributed by atoms with Gasteiger partial charge in [0.1, 0.15) is 0 Å². The molecule has 2 N–H and O–H groups in total. The first-order valence-electron chi connectivity index (χ1n) is 5.57. The number of aromatic nitrogens is 2. The maximum Gasteiger partial charge on any atom is 0.331 e. The summed E-state index contributed by atoms with van der Waals surface area (Å²) >= 11 is 6.03. The summed E-state index contributed by atoms with van der Waals surface area (Å²) in [6.45, 7) is 1.93. The number of nitrogens with two attached hydrogens (primary N) is 1. The zero-order valence-corrected chi connectivity index (χ0v) is 10.9. The van der Waals surface area contributed by atoms with Gasteiger partial charge >= 0.3 is 5.69 Å². The van der Waals surface area contributed by atoms with Crippen molar-refractivity contribution in [2.24, 2.45) is 12.8 Å². The van der Waals surface area contributed by atoms with E-state index in [0.717, 1.165) is 4.57 Å². The van der Waals surface area contributed by atoms with Crippen molar-refractivity contribution < 1.29 is 0 Å². The maximum absolute atomic E-state index is 12.2. The van der Waals surface area contributed by atoms with Crippen molar-refractivity contribution in [3.05, 3.63) is 44.1 Å². The van der Waals surface area contributed by atoms with E-state index >= 15 is 0 Å². The lowest BCUT2D eigenvalue weighted by molar-refractivity contribution is 0.538. The topological polar surface area (TPSA) is 70.0 Å². The van der Waals surface area contributed by atoms with Crippen LogP contribution < -0.4 is 17.0 Å². The molecule has 96 valence electrons. The smallest absolute Gasteiger partial charge is 0.326 e. The summed E-state index contributed by atoms with van der Waals surface area (Å²) in [4.78, 5) is 24.3. The lowest BCUT2D eigenvalue weighted by Crippen LogP contribution is -2.42. The molecule has 2 aromatic rings. The highest BCUT2D eigenvalue weighted by Crippen LogP contribution is 2.18. The van der Waals surface area contributed by atoms with Crippen molar-refractivity contribution in [2.45, 2.75) is 19.5 Å². The Morgan fingerprint density at radius 3 is 2.67 bits per heavy atom. The third kappa shape index (κ3) is 1.95. The highest BCUT2D eigenvalue weighted by Gasteiger charge is 2.13. The number of rotatable bonds is 2. The molecule has 0 aliphatic carbocycles. The van der Waals surface area contributed by atoms with Crippen LogP contribution in [0.4, 0.5) is 0 Å². The van der Waals surface area contributed by atoms with E-state index < -0.39 is 5.69 Å². The molecular weight excluding hydrogens is 254 g/mol. The van der Waals surface area contributed by atoms with Crippen LogP contribution in [0.15, 0.2) is 27.8 Å². The van der Waals surface area contributed by atoms with Crippen molar-refractivity contribution in [1.82, 2.24) is 9.13 Å². The SMILES string of the molecule is CC(N)Cn1c(=O)c2cccc(Cl)c2n(C)c1=O. The molecule has 2 rings (SSSR count). The van der Waals surface area contributed by atoms with Gasteiger partial charge in [0.2, 0.25) is 0 Å². The average Bonchev–Trinajstić information content (AvgIpc) is 2.31. The number of benzene rings is 1. The van der Waals surface area contributed by atoms with Crippen LogP contribution in [-0.4, -0.2) is 15.2 Å². The molecule has 0 bridgehead atoms. The Balaban J connectivity index is 2.93. The predicted molar refractivity (Wildman–Crippen MR) is 72.1 cm³/mol. The minimum Gasteiger partial charge on any atom is -0.326 e. The van der Waals surface area contributed by atoms with Gasteiger partial charge < -0.3 is 5.73 Å². The Morgan fingerprint density at radius 1 is 1.39 bits per heavy atom. The molecule has 0 spiro atoms. The fourth-order valence-corrected chi connectivity index (χ4v) is 2.29. The second-order valence-corrected chi connectivity index (χ2v) is 4.78. The molecule has 0 amide bonds. The molecule has 0 aliphatic heterocycles. The second kappa shape index (κ2) is 4.59. The predicted octanol–water partition coefficient (Wildman–Crippen LogP) is 0.701. The molecule has 1 atom stereocenters. The number of hydrogen-bond acceptors (Lipinski definition) is 3. The molecule has 0 aliphatic rings. The van der Waals surface area contributed by atoms with Crippen LogP contribution in [0.1, 0.15) is 6.92 Å². The van der Waals surface area contributed by atoms with E-state index in [2.05, 4.69) is 0 Å². The van der Waals surface area contributed by atoms with Crippen molar-refractivity contribution >= 4 is 22.5 Å². The van der Waals surface area contributed by atoms with Gasteiger partial charge in [-0.1, -0.05) is 17.7 Å². The first-order valence-corrected chi connectivity index (χ1v) is 5.95. The number of nitrogens with zero attached hydrogens (tertiary/aromatic N) is 2. The molecule has 0 saturated heterocycles. The van der Waals surface area contributed by atoms with E-state index in [9.17, 15) is 9.59 Å². The normalized spacial score (nSPS) is 12.9. The van der Waals surface area contributed by atoms with Gasteiger partial charge in [-0.15, -0.1) is 0 Å². The summed E-state index contributed by atoms with van der Waals surface area (Å²) < 4.78 is 2.52. The number of aryl methyl sites for hydroxylation is 1. The van der Waals surface area contributed by atoms with E-state index in [4.69, 9.17) is 17.3 Å². The maximum atomic E-state index is 12.2. The van der Waals surface area contributed by atoms with E-state index in [1.54, 1.807) is 32.2 Å². The van der Waals surface area contributed by atoms with Crippen LogP contribution in [0.5, 0.6) is 0 Å². The minimum absolute atomic E-state index is 0.188. The first-order chi connectivity index (χ1) is 8.43. The molecule has 1 heterocycles. The van der Waals surface area contributed by atoms with Gasteiger partial charge in [-0.25, -0.2) is 4.79 Å². The summed E-state index contributed by atoms with van der Waals surface area (Å²) in [5.41, 5.74) is 5.35. The monoisotopic (exact) mass is 267 g/mol. The second-order valence-electron chi connectivity index (χ2n) is 4.37. The third-order valence-electron chi connectivity index (χ3n) is 2.79. The molecule has 0 saturated carbocycles. The zero-order valence-electron chi connectivity index (χ0n) is 10.2. The van der Waals surface area contributed by atoms with Gasteiger partial charge in [-0.3, -0.25) is 13.9 Å². The van der Waals surface area contributed by atoms with Crippen molar-refractivity contribution in [3.63, 3.8) is 0 Å². The summed E-state index contributed by atoms with van der Waals surface area (Å²) in [5.74, 6) is 0. The Bertz CT molecular complexity index is 716. The zero-order chi connectivity index (χ0) is 13.4. The Kier molecular flexibility index (Phi) is 3.28. The minimum atomic E-state index is -0.405. The van der Waals surface area contributed by atoms with Crippen LogP contribution in [0, 0.1) is 0 Å². The molecular formula is C12H14ClN3O2. The molecule has 1 aromatic heterocycles. The first kappa shape index (κ1) is 12.9. The molecule has 1 aromatic carbocycles. The van der Waals surface area contributed by atoms with Gasteiger partial charge in [0.15, 0.2) is 0 Å². The summed E-state index contributed by atoms with van der Waals surface area (Å²) in [7, 11) is 1.59. The largest absolute Gasteiger partial charge is 0.331 e. The van der Waals surface area contributed by atoms with Crippen LogP contribution in [0.2, 0.25) is 5.02 Å². The van der Waals surface area contributed by atoms with Gasteiger partial charge in [-0.05, 0) is 19.1 Å². The van der Waals surface area contributed by atoms with Crippen LogP contribution >= 0.6 is 11.6 Å². The number of para-hydroxylation sites is 1. The van der Waals surface area contributed by atoms with Crippen molar-refractivity contribution in [3.8, 4) is 0 Å². The van der Waals surface area contributed by atoms with Crippen LogP contribution in [-0.2, 0) is 13.6 Å². The lowest BCUT2D eigenvalue weighted by atomic mass is 10.2. The van der Waals surface area contributed by atoms with E-state index in [0.29, 0.717) is 15.9 Å². The Labute approximate surface area is 108 Å². The highest BCUT2D eigenvalue weighted by molar-refractivity contribution is 6.35. The molecule has 1 unspecified atom stereocenters. The van der Waals surface area contributed by atoms with Crippen molar-refractivity contribution in [2.75, 3.05) is 0 Å². The summed E-state index contributed by atoms with van der Waals surface area (Å²) in [6.07, 6.45) is 0. The van der Waals surface area contributed by atoms with E-state index in [-0.39, 0.29) is 18.1 Å². The van der Waals surface area contributed by atoms with Crippen LogP contribution in [0.3, 0.4) is 0 Å². The highest BCUT2D eigenvalue weighted by atomic mass is 35.5. The van der Waals surface area contributed by atoms with Gasteiger partial charge in [0, 0.05) is 19.6 Å². The van der Waals surface area contributed by atoms with Gasteiger partial charge in [0.05, 0.1) is 15.9 Å².